The van der Waals surface area contributed by atoms with Gasteiger partial charge in [-0.2, -0.15) is 0 Å². The Morgan fingerprint density at radius 2 is 2.15 bits per heavy atom. The van der Waals surface area contributed by atoms with Crippen LogP contribution in [0.1, 0.15) is 11.1 Å². The topological polar surface area (TPSA) is 77.2 Å². The number of rotatable bonds is 4. The first-order chi connectivity index (χ1) is 13.3. The lowest BCUT2D eigenvalue weighted by molar-refractivity contribution is 0.357. The largest absolute Gasteiger partial charge is 0.493 e. The van der Waals surface area contributed by atoms with E-state index in [1.54, 1.807) is 31.0 Å². The lowest BCUT2D eigenvalue weighted by Crippen LogP contribution is -2.08. The summed E-state index contributed by atoms with van der Waals surface area (Å²) in [7, 11) is 0. The number of halogens is 1. The van der Waals surface area contributed by atoms with Crippen LogP contribution >= 0.6 is 11.6 Å². The van der Waals surface area contributed by atoms with E-state index in [4.69, 9.17) is 16.3 Å². The first-order valence-electron chi connectivity index (χ1n) is 8.57. The fourth-order valence-corrected chi connectivity index (χ4v) is 3.56. The van der Waals surface area contributed by atoms with Crippen molar-refractivity contribution in [3.63, 3.8) is 0 Å². The van der Waals surface area contributed by atoms with Crippen molar-refractivity contribution in [1.29, 1.82) is 0 Å². The lowest BCUT2D eigenvalue weighted by atomic mass is 10.1. The van der Waals surface area contributed by atoms with Gasteiger partial charge in [-0.1, -0.05) is 23.7 Å². The minimum absolute atomic E-state index is 0.595. The summed E-state index contributed by atoms with van der Waals surface area (Å²) in [5.41, 5.74) is 4.68. The number of aromatic nitrogens is 5. The summed E-state index contributed by atoms with van der Waals surface area (Å²) in [6.07, 6.45) is 7.67. The maximum absolute atomic E-state index is 6.31. The average Bonchev–Trinajstić information content (AvgIpc) is 3.36. The van der Waals surface area contributed by atoms with E-state index >= 15 is 0 Å². The third-order valence-corrected chi connectivity index (χ3v) is 5.00. The van der Waals surface area contributed by atoms with Gasteiger partial charge in [-0.05, 0) is 17.7 Å². The van der Waals surface area contributed by atoms with Crippen molar-refractivity contribution in [1.82, 2.24) is 24.6 Å². The van der Waals surface area contributed by atoms with Crippen LogP contribution in [0.3, 0.4) is 0 Å². The van der Waals surface area contributed by atoms with Crippen LogP contribution < -0.4 is 10.1 Å². The molecular formula is C19H15ClN6O. The van der Waals surface area contributed by atoms with Gasteiger partial charge in [0.05, 0.1) is 11.6 Å². The molecule has 0 saturated heterocycles. The van der Waals surface area contributed by atoms with E-state index in [0.717, 1.165) is 29.9 Å². The van der Waals surface area contributed by atoms with Crippen LogP contribution in [0.2, 0.25) is 5.02 Å². The summed E-state index contributed by atoms with van der Waals surface area (Å²) in [5.74, 6) is 1.63. The van der Waals surface area contributed by atoms with Gasteiger partial charge in [-0.25, -0.2) is 4.98 Å². The van der Waals surface area contributed by atoms with Gasteiger partial charge in [0.25, 0.3) is 0 Å². The van der Waals surface area contributed by atoms with Crippen LogP contribution in [0.15, 0.2) is 49.2 Å². The standard InChI is InChI=1S/C19H15ClN6O/c20-16-4-6-21-9-14(16)15-10-23-19(26-11-24-25-18(15)26)22-8-12-2-1-3-17-13(12)5-7-27-17/h1-4,6,9-11H,5,7-8H2,(H,22,23). The molecule has 4 heterocycles. The van der Waals surface area contributed by atoms with Crippen molar-refractivity contribution in [2.45, 2.75) is 13.0 Å². The van der Waals surface area contributed by atoms with Gasteiger partial charge in [-0.15, -0.1) is 10.2 Å². The Balaban J connectivity index is 1.49. The number of hydrogen-bond donors (Lipinski definition) is 1. The molecule has 0 bridgehead atoms. The Bertz CT molecular complexity index is 1140. The maximum atomic E-state index is 6.31. The quantitative estimate of drug-likeness (QED) is 0.586. The molecule has 0 unspecified atom stereocenters. The summed E-state index contributed by atoms with van der Waals surface area (Å²) >= 11 is 6.31. The number of ether oxygens (including phenoxy) is 1. The second-order valence-corrected chi connectivity index (χ2v) is 6.63. The number of fused-ring (bicyclic) bond motifs is 2. The van der Waals surface area contributed by atoms with Crippen LogP contribution in [-0.2, 0) is 13.0 Å². The molecule has 1 aliphatic rings. The summed E-state index contributed by atoms with van der Waals surface area (Å²) < 4.78 is 7.46. The van der Waals surface area contributed by atoms with Crippen LogP contribution in [-0.4, -0.2) is 31.2 Å². The fraction of sp³-hybridized carbons (Fsp3) is 0.158. The van der Waals surface area contributed by atoms with Gasteiger partial charge in [-0.3, -0.25) is 9.38 Å². The molecule has 1 aromatic carbocycles. The van der Waals surface area contributed by atoms with Crippen LogP contribution in [0.5, 0.6) is 5.75 Å². The van der Waals surface area contributed by atoms with Crippen LogP contribution in [0, 0.1) is 0 Å². The molecule has 134 valence electrons. The second-order valence-electron chi connectivity index (χ2n) is 6.22. The van der Waals surface area contributed by atoms with Crippen molar-refractivity contribution in [2.75, 3.05) is 11.9 Å². The molecule has 8 heteroatoms. The lowest BCUT2D eigenvalue weighted by Gasteiger charge is -2.12. The van der Waals surface area contributed by atoms with Gasteiger partial charge >= 0.3 is 0 Å². The molecule has 0 spiro atoms. The van der Waals surface area contributed by atoms with Gasteiger partial charge in [0.15, 0.2) is 5.65 Å². The van der Waals surface area contributed by atoms with Crippen molar-refractivity contribution in [2.24, 2.45) is 0 Å². The zero-order valence-corrected chi connectivity index (χ0v) is 15.0. The third kappa shape index (κ3) is 2.76. The molecule has 27 heavy (non-hydrogen) atoms. The summed E-state index contributed by atoms with van der Waals surface area (Å²) in [6, 6.07) is 7.87. The SMILES string of the molecule is Clc1ccncc1-c1cnc(NCc2cccc3c2CCO3)n2cnnc12. The first-order valence-corrected chi connectivity index (χ1v) is 8.95. The molecule has 4 aromatic rings. The van der Waals surface area contributed by atoms with E-state index in [1.807, 2.05) is 16.5 Å². The van der Waals surface area contributed by atoms with Crippen molar-refractivity contribution in [3.8, 4) is 16.9 Å². The van der Waals surface area contributed by atoms with E-state index in [-0.39, 0.29) is 0 Å². The Kier molecular flexibility index (Phi) is 3.86. The van der Waals surface area contributed by atoms with E-state index in [0.29, 0.717) is 23.2 Å². The van der Waals surface area contributed by atoms with Gasteiger partial charge in [0.2, 0.25) is 5.95 Å². The molecule has 1 N–H and O–H groups in total. The zero-order chi connectivity index (χ0) is 18.2. The fourth-order valence-electron chi connectivity index (χ4n) is 3.35. The predicted molar refractivity (Wildman–Crippen MR) is 102 cm³/mol. The number of nitrogens with zero attached hydrogens (tertiary/aromatic N) is 5. The molecule has 7 nitrogen and oxygen atoms in total. The normalized spacial score (nSPS) is 12.8. The number of pyridine rings is 1. The number of hydrogen-bond acceptors (Lipinski definition) is 6. The Labute approximate surface area is 160 Å². The summed E-state index contributed by atoms with van der Waals surface area (Å²) in [5, 5.41) is 12.3. The van der Waals surface area contributed by atoms with E-state index in [9.17, 15) is 0 Å². The smallest absolute Gasteiger partial charge is 0.210 e. The van der Waals surface area contributed by atoms with Gasteiger partial charge in [0, 0.05) is 48.2 Å². The van der Waals surface area contributed by atoms with Crippen LogP contribution in [0.4, 0.5) is 5.95 Å². The van der Waals surface area contributed by atoms with Crippen molar-refractivity contribution < 1.29 is 4.74 Å². The monoisotopic (exact) mass is 378 g/mol. The van der Waals surface area contributed by atoms with Gasteiger partial charge in [0.1, 0.15) is 12.1 Å². The maximum Gasteiger partial charge on any atom is 0.210 e. The molecule has 0 aliphatic carbocycles. The molecule has 0 fully saturated rings. The highest BCUT2D eigenvalue weighted by molar-refractivity contribution is 6.33. The summed E-state index contributed by atoms with van der Waals surface area (Å²) in [4.78, 5) is 8.71. The van der Waals surface area contributed by atoms with Crippen molar-refractivity contribution in [3.05, 3.63) is 65.3 Å². The van der Waals surface area contributed by atoms with Crippen LogP contribution in [0.25, 0.3) is 16.8 Å². The molecule has 0 saturated carbocycles. The zero-order valence-electron chi connectivity index (χ0n) is 14.3. The number of nitrogens with one attached hydrogen (secondary N) is 1. The minimum Gasteiger partial charge on any atom is -0.493 e. The predicted octanol–water partition coefficient (Wildman–Crippen LogP) is 3.39. The molecule has 1 aliphatic heterocycles. The molecular weight excluding hydrogens is 364 g/mol. The highest BCUT2D eigenvalue weighted by Crippen LogP contribution is 2.31. The Morgan fingerprint density at radius 1 is 1.19 bits per heavy atom. The van der Waals surface area contributed by atoms with Gasteiger partial charge < -0.3 is 10.1 Å². The van der Waals surface area contributed by atoms with Crippen molar-refractivity contribution >= 4 is 23.2 Å². The minimum atomic E-state index is 0.595. The highest BCUT2D eigenvalue weighted by Gasteiger charge is 2.17. The molecule has 0 atom stereocenters. The molecule has 0 radical (unpaired) electrons. The number of benzene rings is 1. The van der Waals surface area contributed by atoms with E-state index in [1.165, 1.54) is 11.1 Å². The molecule has 5 rings (SSSR count). The first kappa shape index (κ1) is 16.0. The highest BCUT2D eigenvalue weighted by atomic mass is 35.5. The third-order valence-electron chi connectivity index (χ3n) is 4.67. The molecule has 0 amide bonds. The Hall–Kier alpha value is -3.19. The second kappa shape index (κ2) is 6.51. The van der Waals surface area contributed by atoms with E-state index < -0.39 is 0 Å². The average molecular weight is 379 g/mol. The molecule has 3 aromatic heterocycles. The summed E-state index contributed by atoms with van der Waals surface area (Å²) in [6.45, 7) is 1.38. The van der Waals surface area contributed by atoms with E-state index in [2.05, 4.69) is 31.5 Å². The Morgan fingerprint density at radius 3 is 3.07 bits per heavy atom. The number of anilines is 1.